The zero-order valence-electron chi connectivity index (χ0n) is 24.4. The molecule has 0 radical (unpaired) electrons. The predicted octanol–water partition coefficient (Wildman–Crippen LogP) is 5.02. The normalized spacial score (nSPS) is 16.6. The number of carbonyl (C=O) groups is 3. The fraction of sp³-hybridized carbons (Fsp3) is 0.516. The van der Waals surface area contributed by atoms with Crippen LogP contribution < -0.4 is 26.6 Å². The highest BCUT2D eigenvalue weighted by Crippen LogP contribution is 2.16. The number of aryl methyl sites for hydroxylation is 2. The molecule has 0 aromatic heterocycles. The molecule has 0 spiro atoms. The highest BCUT2D eigenvalue weighted by atomic mass is 16.2. The number of piperidine rings is 2. The number of amides is 5. The van der Waals surface area contributed by atoms with Gasteiger partial charge in [-0.2, -0.15) is 0 Å². The second-order valence-electron chi connectivity index (χ2n) is 10.9. The predicted molar refractivity (Wildman–Crippen MR) is 162 cm³/mol. The van der Waals surface area contributed by atoms with Gasteiger partial charge in [0.25, 0.3) is 0 Å². The van der Waals surface area contributed by atoms with Crippen LogP contribution in [-0.4, -0.2) is 61.1 Å². The van der Waals surface area contributed by atoms with E-state index in [2.05, 4.69) is 26.6 Å². The van der Waals surface area contributed by atoms with Crippen LogP contribution in [0.15, 0.2) is 48.5 Å². The van der Waals surface area contributed by atoms with Gasteiger partial charge in [0.15, 0.2) is 0 Å². The second kappa shape index (κ2) is 15.9. The molecule has 0 aliphatic carbocycles. The number of hydrogen-bond acceptors (Lipinski definition) is 4. The van der Waals surface area contributed by atoms with Crippen molar-refractivity contribution in [3.05, 3.63) is 59.7 Å². The Kier molecular flexibility index (Phi) is 12.3. The minimum atomic E-state index is -0.180. The largest absolute Gasteiger partial charge is 0.342 e. The molecule has 2 fully saturated rings. The van der Waals surface area contributed by atoms with Gasteiger partial charge in [-0.1, -0.05) is 49.2 Å². The average Bonchev–Trinajstić information content (AvgIpc) is 2.96. The number of urea groups is 2. The fourth-order valence-electron chi connectivity index (χ4n) is 4.68. The molecule has 40 heavy (non-hydrogen) atoms. The van der Waals surface area contributed by atoms with Crippen LogP contribution in [0.2, 0.25) is 0 Å². The van der Waals surface area contributed by atoms with Crippen molar-refractivity contribution in [1.82, 2.24) is 20.9 Å². The number of nitrogens with one attached hydrogen (secondary N) is 5. The first kappa shape index (κ1) is 30.9. The molecule has 2 saturated heterocycles. The van der Waals surface area contributed by atoms with Crippen molar-refractivity contribution in [1.29, 1.82) is 0 Å². The molecule has 9 heteroatoms. The fourth-order valence-corrected chi connectivity index (χ4v) is 4.68. The Hall–Kier alpha value is -3.59. The Labute approximate surface area is 238 Å². The molecular formula is C31H46N6O3. The number of likely N-dealkylation sites (tertiary alicyclic amines) is 1. The Morgan fingerprint density at radius 2 is 1.20 bits per heavy atom. The summed E-state index contributed by atoms with van der Waals surface area (Å²) in [6, 6.07) is 15.6. The maximum Gasteiger partial charge on any atom is 0.319 e. The Bertz CT molecular complexity index is 1080. The zero-order valence-corrected chi connectivity index (χ0v) is 24.4. The summed E-state index contributed by atoms with van der Waals surface area (Å²) < 4.78 is 0. The summed E-state index contributed by atoms with van der Waals surface area (Å²) in [4.78, 5) is 37.8. The number of benzene rings is 2. The van der Waals surface area contributed by atoms with E-state index >= 15 is 0 Å². The van der Waals surface area contributed by atoms with Crippen molar-refractivity contribution in [3.8, 4) is 0 Å². The van der Waals surface area contributed by atoms with Gasteiger partial charge in [0.1, 0.15) is 0 Å². The molecule has 0 unspecified atom stereocenters. The molecule has 0 bridgehead atoms. The number of anilines is 2. The highest BCUT2D eigenvalue weighted by Gasteiger charge is 2.26. The smallest absolute Gasteiger partial charge is 0.319 e. The van der Waals surface area contributed by atoms with Crippen LogP contribution in [-0.2, 0) is 4.79 Å². The molecular weight excluding hydrogens is 504 g/mol. The first-order valence-corrected chi connectivity index (χ1v) is 14.5. The SMILES string of the molecule is CC[C@H](C)C(=O)N1CCC(NC(=O)Nc2ccc(C)cc2)CC1.Cc1ccc(NC(=O)NC2CCNCC2)cc1. The first-order valence-electron chi connectivity index (χ1n) is 14.5. The molecule has 5 amide bonds. The second-order valence-corrected chi connectivity index (χ2v) is 10.9. The van der Waals surface area contributed by atoms with Crippen LogP contribution in [0.3, 0.4) is 0 Å². The molecule has 2 aliphatic rings. The molecule has 5 N–H and O–H groups in total. The lowest BCUT2D eigenvalue weighted by Gasteiger charge is -2.33. The zero-order chi connectivity index (χ0) is 28.9. The number of nitrogens with zero attached hydrogens (tertiary/aromatic N) is 1. The summed E-state index contributed by atoms with van der Waals surface area (Å²) in [5, 5.41) is 15.0. The van der Waals surface area contributed by atoms with E-state index in [0.717, 1.165) is 75.2 Å². The monoisotopic (exact) mass is 550 g/mol. The summed E-state index contributed by atoms with van der Waals surface area (Å²) in [5.41, 5.74) is 3.98. The van der Waals surface area contributed by atoms with Crippen LogP contribution in [0.5, 0.6) is 0 Å². The molecule has 9 nitrogen and oxygen atoms in total. The van der Waals surface area contributed by atoms with Crippen LogP contribution in [0.25, 0.3) is 0 Å². The van der Waals surface area contributed by atoms with Gasteiger partial charge in [-0.15, -0.1) is 0 Å². The van der Waals surface area contributed by atoms with Gasteiger partial charge >= 0.3 is 12.1 Å². The molecule has 1 atom stereocenters. The van der Waals surface area contributed by atoms with E-state index in [4.69, 9.17) is 0 Å². The molecule has 4 rings (SSSR count). The van der Waals surface area contributed by atoms with E-state index in [9.17, 15) is 14.4 Å². The van der Waals surface area contributed by atoms with Gasteiger partial charge in [0, 0.05) is 42.5 Å². The molecule has 0 saturated carbocycles. The van der Waals surface area contributed by atoms with E-state index in [0.29, 0.717) is 6.04 Å². The molecule has 218 valence electrons. The lowest BCUT2D eigenvalue weighted by Crippen LogP contribution is -2.48. The molecule has 2 aromatic rings. The summed E-state index contributed by atoms with van der Waals surface area (Å²) in [6.45, 7) is 11.5. The van der Waals surface area contributed by atoms with E-state index in [1.165, 1.54) is 5.56 Å². The quantitative estimate of drug-likeness (QED) is 0.347. The third-order valence-corrected chi connectivity index (χ3v) is 7.47. The average molecular weight is 551 g/mol. The van der Waals surface area contributed by atoms with Crippen molar-refractivity contribution in [3.63, 3.8) is 0 Å². The van der Waals surface area contributed by atoms with Crippen molar-refractivity contribution < 1.29 is 14.4 Å². The van der Waals surface area contributed by atoms with Crippen LogP contribution >= 0.6 is 0 Å². The van der Waals surface area contributed by atoms with Gasteiger partial charge in [0.2, 0.25) is 5.91 Å². The summed E-state index contributed by atoms with van der Waals surface area (Å²) >= 11 is 0. The molecule has 2 aliphatic heterocycles. The van der Waals surface area contributed by atoms with Gasteiger partial charge in [-0.3, -0.25) is 4.79 Å². The highest BCUT2D eigenvalue weighted by molar-refractivity contribution is 5.90. The number of carbonyl (C=O) groups excluding carboxylic acids is 3. The minimum Gasteiger partial charge on any atom is -0.342 e. The van der Waals surface area contributed by atoms with Gasteiger partial charge in [0.05, 0.1) is 0 Å². The Morgan fingerprint density at radius 1 is 0.775 bits per heavy atom. The Balaban J connectivity index is 0.000000230. The van der Waals surface area contributed by atoms with E-state index < -0.39 is 0 Å². The lowest BCUT2D eigenvalue weighted by molar-refractivity contribution is -0.136. The van der Waals surface area contributed by atoms with Crippen molar-refractivity contribution >= 4 is 29.3 Å². The summed E-state index contributed by atoms with van der Waals surface area (Å²) in [7, 11) is 0. The van der Waals surface area contributed by atoms with E-state index in [1.807, 2.05) is 81.1 Å². The first-order chi connectivity index (χ1) is 19.2. The van der Waals surface area contributed by atoms with E-state index in [-0.39, 0.29) is 29.9 Å². The summed E-state index contributed by atoms with van der Waals surface area (Å²) in [6.07, 6.45) is 4.49. The van der Waals surface area contributed by atoms with Gasteiger partial charge in [-0.25, -0.2) is 9.59 Å². The lowest BCUT2D eigenvalue weighted by atomic mass is 10.0. The number of rotatable bonds is 6. The van der Waals surface area contributed by atoms with Crippen molar-refractivity contribution in [2.24, 2.45) is 5.92 Å². The minimum absolute atomic E-state index is 0.0874. The maximum atomic E-state index is 12.2. The topological polar surface area (TPSA) is 115 Å². The van der Waals surface area contributed by atoms with E-state index in [1.54, 1.807) is 0 Å². The van der Waals surface area contributed by atoms with Crippen LogP contribution in [0.1, 0.15) is 57.1 Å². The third-order valence-electron chi connectivity index (χ3n) is 7.47. The van der Waals surface area contributed by atoms with Crippen molar-refractivity contribution in [2.75, 3.05) is 36.8 Å². The molecule has 2 heterocycles. The van der Waals surface area contributed by atoms with Gasteiger partial charge < -0.3 is 31.5 Å². The van der Waals surface area contributed by atoms with Crippen LogP contribution in [0, 0.1) is 19.8 Å². The molecule has 2 aromatic carbocycles. The van der Waals surface area contributed by atoms with Crippen molar-refractivity contribution in [2.45, 2.75) is 71.9 Å². The standard InChI is InChI=1S/C18H27N3O2.C13H19N3O/c1-4-14(3)17(22)21-11-9-16(10-12-21)20-18(23)19-15-7-5-13(2)6-8-15;1-10-2-4-11(5-3-10)15-13(17)16-12-6-8-14-9-7-12/h5-8,14,16H,4,9-12H2,1-3H3,(H2,19,20,23);2-5,12,14H,6-9H2,1H3,(H2,15,16,17)/t14-;/m0./s1. The van der Waals surface area contributed by atoms with Crippen LogP contribution in [0.4, 0.5) is 21.0 Å². The Morgan fingerprint density at radius 3 is 1.62 bits per heavy atom. The van der Waals surface area contributed by atoms with Gasteiger partial charge in [-0.05, 0) is 83.3 Å². The number of hydrogen-bond donors (Lipinski definition) is 5. The summed E-state index contributed by atoms with van der Waals surface area (Å²) in [5.74, 6) is 0.319. The maximum absolute atomic E-state index is 12.2. The third kappa shape index (κ3) is 10.5.